The molecule has 6 heteroatoms. The number of nitrogens with zero attached hydrogens (tertiary/aromatic N) is 4. The van der Waals surface area contributed by atoms with E-state index >= 15 is 0 Å². The molecular weight excluding hydrogens is 268 g/mol. The zero-order chi connectivity index (χ0) is 14.7. The number of pyridine rings is 1. The Balaban J connectivity index is 1.80. The smallest absolute Gasteiger partial charge is 0.342 e. The number of ether oxygens (including phenoxy) is 1. The van der Waals surface area contributed by atoms with E-state index in [1.165, 1.54) is 0 Å². The average molecular weight is 282 g/mol. The van der Waals surface area contributed by atoms with Crippen LogP contribution in [0.3, 0.4) is 0 Å². The predicted molar refractivity (Wildman–Crippen MR) is 76.3 cm³/mol. The largest absolute Gasteiger partial charge is 0.404 e. The Hall–Kier alpha value is -2.73. The lowest BCUT2D eigenvalue weighted by molar-refractivity contribution is 0.198. The minimum atomic E-state index is -0.579. The van der Waals surface area contributed by atoms with Crippen LogP contribution in [0.15, 0.2) is 55.0 Å². The molecule has 0 aliphatic heterocycles. The van der Waals surface area contributed by atoms with Gasteiger partial charge in [-0.2, -0.15) is 4.98 Å². The molecule has 0 saturated heterocycles. The Morgan fingerprint density at radius 2 is 1.95 bits per heavy atom. The van der Waals surface area contributed by atoms with E-state index in [1.807, 2.05) is 30.3 Å². The van der Waals surface area contributed by atoms with Crippen molar-refractivity contribution in [1.29, 1.82) is 0 Å². The first-order valence-electron chi connectivity index (χ1n) is 6.51. The van der Waals surface area contributed by atoms with Crippen LogP contribution >= 0.6 is 0 Å². The summed E-state index contributed by atoms with van der Waals surface area (Å²) in [5.74, 6) is 0.346. The van der Waals surface area contributed by atoms with Crippen molar-refractivity contribution in [3.05, 3.63) is 60.6 Å². The number of para-hydroxylation sites is 1. The predicted octanol–water partition coefficient (Wildman–Crippen LogP) is 2.51. The summed E-state index contributed by atoms with van der Waals surface area (Å²) in [6, 6.07) is 13.2. The number of aliphatic hydroxyl groups excluding tert-OH is 1. The molecule has 0 bridgehead atoms. The highest BCUT2D eigenvalue weighted by Gasteiger charge is 2.08. The van der Waals surface area contributed by atoms with Gasteiger partial charge in [-0.3, -0.25) is 0 Å². The van der Waals surface area contributed by atoms with Crippen molar-refractivity contribution < 1.29 is 9.84 Å². The quantitative estimate of drug-likeness (QED) is 0.796. The summed E-state index contributed by atoms with van der Waals surface area (Å²) in [6.45, 7) is 1.68. The summed E-state index contributed by atoms with van der Waals surface area (Å²) in [6.07, 6.45) is 2.57. The van der Waals surface area contributed by atoms with Crippen LogP contribution in [0, 0.1) is 0 Å². The summed E-state index contributed by atoms with van der Waals surface area (Å²) in [5, 5.41) is 13.8. The Morgan fingerprint density at radius 3 is 2.71 bits per heavy atom. The van der Waals surface area contributed by atoms with Crippen molar-refractivity contribution in [2.75, 3.05) is 0 Å². The second kappa shape index (κ2) is 5.72. The molecule has 106 valence electrons. The molecule has 2 aromatic heterocycles. The normalized spacial score (nSPS) is 12.1. The molecule has 6 nitrogen and oxygen atoms in total. The molecule has 0 aliphatic rings. The fourth-order valence-electron chi connectivity index (χ4n) is 1.83. The van der Waals surface area contributed by atoms with E-state index in [0.717, 1.165) is 11.3 Å². The van der Waals surface area contributed by atoms with Crippen LogP contribution in [0.2, 0.25) is 0 Å². The van der Waals surface area contributed by atoms with Crippen LogP contribution < -0.4 is 4.74 Å². The fourth-order valence-corrected chi connectivity index (χ4v) is 1.83. The Kier molecular flexibility index (Phi) is 3.61. The number of aromatic nitrogens is 4. The number of benzene rings is 1. The van der Waals surface area contributed by atoms with Crippen LogP contribution in [0.25, 0.3) is 5.69 Å². The van der Waals surface area contributed by atoms with Crippen LogP contribution in [0.4, 0.5) is 0 Å². The molecule has 1 N–H and O–H groups in total. The molecule has 1 atom stereocenters. The zero-order valence-corrected chi connectivity index (χ0v) is 11.4. The van der Waals surface area contributed by atoms with Crippen LogP contribution in [0.1, 0.15) is 18.6 Å². The fraction of sp³-hybridized carbons (Fsp3) is 0.133. The van der Waals surface area contributed by atoms with E-state index in [0.29, 0.717) is 5.88 Å². The lowest BCUT2D eigenvalue weighted by Gasteiger charge is -2.05. The maximum absolute atomic E-state index is 9.55. The first kappa shape index (κ1) is 13.3. The van der Waals surface area contributed by atoms with Crippen molar-refractivity contribution in [2.45, 2.75) is 13.0 Å². The van der Waals surface area contributed by atoms with Gasteiger partial charge in [0.1, 0.15) is 6.33 Å². The van der Waals surface area contributed by atoms with E-state index in [9.17, 15) is 5.11 Å². The highest BCUT2D eigenvalue weighted by molar-refractivity contribution is 5.30. The summed E-state index contributed by atoms with van der Waals surface area (Å²) in [7, 11) is 0. The summed E-state index contributed by atoms with van der Waals surface area (Å²) < 4.78 is 7.12. The number of hydrogen-bond acceptors (Lipinski definition) is 5. The van der Waals surface area contributed by atoms with Crippen LogP contribution in [-0.2, 0) is 0 Å². The van der Waals surface area contributed by atoms with Crippen molar-refractivity contribution in [1.82, 2.24) is 19.7 Å². The Morgan fingerprint density at radius 1 is 1.14 bits per heavy atom. The highest BCUT2D eigenvalue weighted by Crippen LogP contribution is 2.20. The maximum Gasteiger partial charge on any atom is 0.342 e. The molecule has 0 amide bonds. The standard InChI is InChI=1S/C15H14N4O2/c1-11(20)12-7-8-16-14(9-12)21-15-17-10-19(18-15)13-5-3-2-4-6-13/h2-11,20H,1H3/t11-/m1/s1. The third-order valence-corrected chi connectivity index (χ3v) is 2.93. The molecule has 0 aliphatic carbocycles. The summed E-state index contributed by atoms with van der Waals surface area (Å²) in [5.41, 5.74) is 1.62. The molecule has 0 spiro atoms. The number of hydrogen-bond donors (Lipinski definition) is 1. The van der Waals surface area contributed by atoms with E-state index in [1.54, 1.807) is 36.3 Å². The molecule has 0 fully saturated rings. The highest BCUT2D eigenvalue weighted by atomic mass is 16.5. The van der Waals surface area contributed by atoms with E-state index < -0.39 is 6.10 Å². The van der Waals surface area contributed by atoms with Gasteiger partial charge in [0.15, 0.2) is 0 Å². The minimum absolute atomic E-state index is 0.203. The third-order valence-electron chi connectivity index (χ3n) is 2.93. The third kappa shape index (κ3) is 3.06. The minimum Gasteiger partial charge on any atom is -0.404 e. The molecule has 3 aromatic rings. The van der Waals surface area contributed by atoms with Gasteiger partial charge in [-0.05, 0) is 30.7 Å². The zero-order valence-electron chi connectivity index (χ0n) is 11.4. The summed E-state index contributed by atoms with van der Waals surface area (Å²) >= 11 is 0. The first-order valence-corrected chi connectivity index (χ1v) is 6.51. The van der Waals surface area contributed by atoms with Gasteiger partial charge in [-0.1, -0.05) is 18.2 Å². The second-order valence-corrected chi connectivity index (χ2v) is 4.51. The van der Waals surface area contributed by atoms with Crippen molar-refractivity contribution in [2.24, 2.45) is 0 Å². The maximum atomic E-state index is 9.55. The molecule has 3 rings (SSSR count). The average Bonchev–Trinajstić information content (AvgIpc) is 2.97. The van der Waals surface area contributed by atoms with Gasteiger partial charge in [-0.15, -0.1) is 5.10 Å². The molecule has 1 aromatic carbocycles. The van der Waals surface area contributed by atoms with Gasteiger partial charge < -0.3 is 9.84 Å². The van der Waals surface area contributed by atoms with E-state index in [-0.39, 0.29) is 6.01 Å². The van der Waals surface area contributed by atoms with Crippen molar-refractivity contribution in [3.8, 4) is 17.6 Å². The number of rotatable bonds is 4. The molecule has 2 heterocycles. The lowest BCUT2D eigenvalue weighted by Crippen LogP contribution is -1.96. The van der Waals surface area contributed by atoms with Gasteiger partial charge in [0, 0.05) is 12.3 Å². The molecule has 0 radical (unpaired) electrons. The molecule has 0 saturated carbocycles. The monoisotopic (exact) mass is 282 g/mol. The van der Waals surface area contributed by atoms with Crippen molar-refractivity contribution in [3.63, 3.8) is 0 Å². The summed E-state index contributed by atoms with van der Waals surface area (Å²) in [4.78, 5) is 8.17. The lowest BCUT2D eigenvalue weighted by atomic mass is 10.2. The topological polar surface area (TPSA) is 73.1 Å². The van der Waals surface area contributed by atoms with Gasteiger partial charge in [-0.25, -0.2) is 9.67 Å². The molecule has 21 heavy (non-hydrogen) atoms. The second-order valence-electron chi connectivity index (χ2n) is 4.51. The Labute approximate surface area is 121 Å². The van der Waals surface area contributed by atoms with Crippen LogP contribution in [-0.4, -0.2) is 24.9 Å². The molecular formula is C15H14N4O2. The Bertz CT molecular complexity index is 725. The van der Waals surface area contributed by atoms with Crippen molar-refractivity contribution >= 4 is 0 Å². The van der Waals surface area contributed by atoms with E-state index in [4.69, 9.17) is 4.74 Å². The van der Waals surface area contributed by atoms with Gasteiger partial charge in [0.25, 0.3) is 0 Å². The first-order chi connectivity index (χ1) is 10.2. The van der Waals surface area contributed by atoms with Gasteiger partial charge >= 0.3 is 6.01 Å². The van der Waals surface area contributed by atoms with E-state index in [2.05, 4.69) is 15.1 Å². The SMILES string of the molecule is C[C@@H](O)c1ccnc(Oc2ncn(-c3ccccc3)n2)c1. The number of aliphatic hydroxyl groups is 1. The molecule has 0 unspecified atom stereocenters. The van der Waals surface area contributed by atoms with Crippen LogP contribution in [0.5, 0.6) is 11.9 Å². The van der Waals surface area contributed by atoms with Gasteiger partial charge in [0.2, 0.25) is 5.88 Å². The van der Waals surface area contributed by atoms with Gasteiger partial charge in [0.05, 0.1) is 11.8 Å².